The van der Waals surface area contributed by atoms with Gasteiger partial charge in [0, 0.05) is 36.1 Å². The number of benzene rings is 1. The van der Waals surface area contributed by atoms with Gasteiger partial charge >= 0.3 is 4.87 Å². The van der Waals surface area contributed by atoms with Gasteiger partial charge in [0.2, 0.25) is 5.91 Å². The molecule has 1 amide bonds. The highest BCUT2D eigenvalue weighted by Gasteiger charge is 2.17. The molecule has 0 saturated carbocycles. The van der Waals surface area contributed by atoms with Crippen LogP contribution in [0.4, 0.5) is 0 Å². The highest BCUT2D eigenvalue weighted by Crippen LogP contribution is 2.21. The minimum Gasteiger partial charge on any atom is -0.339 e. The summed E-state index contributed by atoms with van der Waals surface area (Å²) < 4.78 is 1.64. The first-order valence-electron chi connectivity index (χ1n) is 7.06. The van der Waals surface area contributed by atoms with Crippen LogP contribution in [-0.2, 0) is 11.3 Å². The fourth-order valence-electron chi connectivity index (χ4n) is 2.24. The van der Waals surface area contributed by atoms with Crippen molar-refractivity contribution in [2.75, 3.05) is 7.05 Å². The van der Waals surface area contributed by atoms with Gasteiger partial charge in [0.15, 0.2) is 0 Å². The summed E-state index contributed by atoms with van der Waals surface area (Å²) >= 11 is 7.05. The molecule has 4 nitrogen and oxygen atoms in total. The Kier molecular flexibility index (Phi) is 5.42. The van der Waals surface area contributed by atoms with E-state index < -0.39 is 0 Å². The van der Waals surface area contributed by atoms with Gasteiger partial charge in [0.25, 0.3) is 0 Å². The van der Waals surface area contributed by atoms with Crippen LogP contribution in [0.25, 0.3) is 0 Å². The van der Waals surface area contributed by atoms with Crippen LogP contribution >= 0.6 is 22.9 Å². The number of amides is 1. The molecule has 0 aliphatic heterocycles. The maximum atomic E-state index is 12.3. The van der Waals surface area contributed by atoms with E-state index in [0.717, 1.165) is 11.3 Å². The van der Waals surface area contributed by atoms with Gasteiger partial charge in [-0.15, -0.1) is 0 Å². The number of aromatic nitrogens is 1. The van der Waals surface area contributed by atoms with E-state index in [2.05, 4.69) is 0 Å². The molecule has 1 aromatic carbocycles. The SMILES string of the molecule is Cc1csc(=O)n1CCC(=O)N(C)C(C)c1ccc(Cl)cc1. The fourth-order valence-corrected chi connectivity index (χ4v) is 3.13. The van der Waals surface area contributed by atoms with Crippen molar-refractivity contribution >= 4 is 28.8 Å². The molecule has 6 heteroatoms. The maximum Gasteiger partial charge on any atom is 0.307 e. The molecule has 0 N–H and O–H groups in total. The molecule has 118 valence electrons. The molecule has 1 heterocycles. The molecule has 0 aliphatic carbocycles. The van der Waals surface area contributed by atoms with Crippen LogP contribution in [-0.4, -0.2) is 22.4 Å². The Morgan fingerprint density at radius 1 is 1.36 bits per heavy atom. The van der Waals surface area contributed by atoms with Crippen molar-refractivity contribution in [3.63, 3.8) is 0 Å². The zero-order chi connectivity index (χ0) is 16.3. The Morgan fingerprint density at radius 3 is 2.55 bits per heavy atom. The average molecular weight is 339 g/mol. The Bertz CT molecular complexity index is 706. The minimum atomic E-state index is -0.0370. The molecule has 0 radical (unpaired) electrons. The summed E-state index contributed by atoms with van der Waals surface area (Å²) in [7, 11) is 1.78. The lowest BCUT2D eigenvalue weighted by atomic mass is 10.1. The molecule has 0 fully saturated rings. The van der Waals surface area contributed by atoms with E-state index in [0.29, 0.717) is 18.0 Å². The van der Waals surface area contributed by atoms with Crippen molar-refractivity contribution in [3.05, 3.63) is 55.6 Å². The van der Waals surface area contributed by atoms with Crippen molar-refractivity contribution in [1.82, 2.24) is 9.47 Å². The topological polar surface area (TPSA) is 42.3 Å². The van der Waals surface area contributed by atoms with Crippen LogP contribution in [0.1, 0.15) is 30.6 Å². The summed E-state index contributed by atoms with van der Waals surface area (Å²) in [4.78, 5) is 25.7. The Hall–Kier alpha value is -1.59. The molecule has 22 heavy (non-hydrogen) atoms. The normalized spacial score (nSPS) is 12.2. The van der Waals surface area contributed by atoms with Gasteiger partial charge in [-0.25, -0.2) is 0 Å². The van der Waals surface area contributed by atoms with E-state index in [1.54, 1.807) is 16.5 Å². The largest absolute Gasteiger partial charge is 0.339 e. The number of carbonyl (C=O) groups excluding carboxylic acids is 1. The van der Waals surface area contributed by atoms with Crippen LogP contribution in [0.2, 0.25) is 5.02 Å². The summed E-state index contributed by atoms with van der Waals surface area (Å²) in [5.74, 6) is 0.0138. The van der Waals surface area contributed by atoms with Crippen LogP contribution in [0.3, 0.4) is 0 Å². The second kappa shape index (κ2) is 7.11. The number of aryl methyl sites for hydroxylation is 1. The first-order chi connectivity index (χ1) is 10.4. The first kappa shape index (κ1) is 16.8. The lowest BCUT2D eigenvalue weighted by molar-refractivity contribution is -0.132. The highest BCUT2D eigenvalue weighted by molar-refractivity contribution is 7.07. The van der Waals surface area contributed by atoms with Crippen LogP contribution in [0, 0.1) is 6.92 Å². The van der Waals surface area contributed by atoms with Gasteiger partial charge in [-0.1, -0.05) is 35.1 Å². The minimum absolute atomic E-state index is 0.0138. The second-order valence-electron chi connectivity index (χ2n) is 5.28. The van der Waals surface area contributed by atoms with Crippen molar-refractivity contribution in [1.29, 1.82) is 0 Å². The predicted octanol–water partition coefficient (Wildman–Crippen LogP) is 3.48. The van der Waals surface area contributed by atoms with Gasteiger partial charge in [-0.2, -0.15) is 0 Å². The van der Waals surface area contributed by atoms with Gasteiger partial charge in [-0.05, 0) is 31.5 Å². The molecular weight excluding hydrogens is 320 g/mol. The van der Waals surface area contributed by atoms with E-state index in [1.807, 2.05) is 43.5 Å². The number of thiazole rings is 1. The van der Waals surface area contributed by atoms with Crippen molar-refractivity contribution in [3.8, 4) is 0 Å². The van der Waals surface area contributed by atoms with Crippen LogP contribution in [0.15, 0.2) is 34.4 Å². The third-order valence-electron chi connectivity index (χ3n) is 3.85. The number of hydrogen-bond acceptors (Lipinski definition) is 3. The van der Waals surface area contributed by atoms with Gasteiger partial charge in [0.05, 0.1) is 6.04 Å². The average Bonchev–Trinajstić information content (AvgIpc) is 2.83. The lowest BCUT2D eigenvalue weighted by Crippen LogP contribution is -2.31. The molecule has 2 aromatic rings. The van der Waals surface area contributed by atoms with Crippen molar-refractivity contribution < 1.29 is 4.79 Å². The number of rotatable bonds is 5. The molecule has 0 spiro atoms. The van der Waals surface area contributed by atoms with Crippen molar-refractivity contribution in [2.24, 2.45) is 0 Å². The van der Waals surface area contributed by atoms with E-state index in [-0.39, 0.29) is 16.8 Å². The first-order valence-corrected chi connectivity index (χ1v) is 8.32. The zero-order valence-electron chi connectivity index (χ0n) is 12.9. The molecule has 2 rings (SSSR count). The van der Waals surface area contributed by atoms with Gasteiger partial charge in [-0.3, -0.25) is 9.59 Å². The quantitative estimate of drug-likeness (QED) is 0.837. The fraction of sp³-hybridized carbons (Fsp3) is 0.375. The van der Waals surface area contributed by atoms with E-state index in [4.69, 9.17) is 11.6 Å². The standard InChI is InChI=1S/C16H19ClN2O2S/c1-11-10-22-16(21)19(11)9-8-15(20)18(3)12(2)13-4-6-14(17)7-5-13/h4-7,10,12H,8-9H2,1-3H3. The molecule has 0 bridgehead atoms. The van der Waals surface area contributed by atoms with E-state index in [1.165, 1.54) is 11.3 Å². The van der Waals surface area contributed by atoms with Crippen LogP contribution in [0.5, 0.6) is 0 Å². The zero-order valence-corrected chi connectivity index (χ0v) is 14.4. The number of halogens is 1. The Labute approximate surface area is 138 Å². The monoisotopic (exact) mass is 338 g/mol. The Morgan fingerprint density at radius 2 is 2.00 bits per heavy atom. The molecule has 1 unspecified atom stereocenters. The van der Waals surface area contributed by atoms with Crippen molar-refractivity contribution in [2.45, 2.75) is 32.9 Å². The summed E-state index contributed by atoms with van der Waals surface area (Å²) in [5, 5.41) is 2.49. The molecule has 1 atom stereocenters. The molecule has 0 aliphatic rings. The number of hydrogen-bond donors (Lipinski definition) is 0. The van der Waals surface area contributed by atoms with Gasteiger partial charge in [0.1, 0.15) is 0 Å². The Balaban J connectivity index is 2.00. The van der Waals surface area contributed by atoms with Gasteiger partial charge < -0.3 is 9.47 Å². The number of nitrogens with zero attached hydrogens (tertiary/aromatic N) is 2. The number of carbonyl (C=O) groups is 1. The summed E-state index contributed by atoms with van der Waals surface area (Å²) in [6.07, 6.45) is 0.311. The third-order valence-corrected chi connectivity index (χ3v) is 4.99. The van der Waals surface area contributed by atoms with E-state index in [9.17, 15) is 9.59 Å². The highest BCUT2D eigenvalue weighted by atomic mass is 35.5. The summed E-state index contributed by atoms with van der Waals surface area (Å²) in [6.45, 7) is 4.27. The van der Waals surface area contributed by atoms with Crippen LogP contribution < -0.4 is 4.87 Å². The maximum absolute atomic E-state index is 12.3. The lowest BCUT2D eigenvalue weighted by Gasteiger charge is -2.25. The molecule has 0 saturated heterocycles. The molecule has 1 aromatic heterocycles. The van der Waals surface area contributed by atoms with E-state index >= 15 is 0 Å². The summed E-state index contributed by atoms with van der Waals surface area (Å²) in [6, 6.07) is 7.44. The third kappa shape index (κ3) is 3.78. The summed E-state index contributed by atoms with van der Waals surface area (Å²) in [5.41, 5.74) is 1.93. The smallest absolute Gasteiger partial charge is 0.307 e. The second-order valence-corrected chi connectivity index (χ2v) is 6.53. The molecular formula is C16H19ClN2O2S. The predicted molar refractivity (Wildman–Crippen MR) is 90.6 cm³/mol.